The molecule has 1 aliphatic heterocycles. The number of hydrazine groups is 1. The second kappa shape index (κ2) is 6.62. The summed E-state index contributed by atoms with van der Waals surface area (Å²) >= 11 is 0. The van der Waals surface area contributed by atoms with Gasteiger partial charge in [-0.25, -0.2) is 4.99 Å². The molecule has 0 saturated carbocycles. The van der Waals surface area contributed by atoms with Crippen LogP contribution in [-0.2, 0) is 11.0 Å². The zero-order chi connectivity index (χ0) is 18.9. The summed E-state index contributed by atoms with van der Waals surface area (Å²) < 4.78 is 38.6. The van der Waals surface area contributed by atoms with Crippen molar-refractivity contribution in [3.05, 3.63) is 71.6 Å². The number of rotatable bonds is 3. The summed E-state index contributed by atoms with van der Waals surface area (Å²) in [7, 11) is 0. The van der Waals surface area contributed by atoms with Gasteiger partial charge in [-0.05, 0) is 30.7 Å². The summed E-state index contributed by atoms with van der Waals surface area (Å²) in [6.07, 6.45) is -2.73. The maximum Gasteiger partial charge on any atom is 0.416 e. The fourth-order valence-electron chi connectivity index (χ4n) is 2.58. The van der Waals surface area contributed by atoms with E-state index >= 15 is 0 Å². The summed E-state index contributed by atoms with van der Waals surface area (Å²) in [6, 6.07) is 8.72. The highest BCUT2D eigenvalue weighted by molar-refractivity contribution is 5.97. The van der Waals surface area contributed by atoms with E-state index in [9.17, 15) is 22.8 Å². The molecule has 0 fully saturated rings. The highest BCUT2D eigenvalue weighted by Gasteiger charge is 2.32. The van der Waals surface area contributed by atoms with Crippen LogP contribution in [0.5, 0.6) is 0 Å². The van der Waals surface area contributed by atoms with Gasteiger partial charge in [0.25, 0.3) is 5.91 Å². The molecule has 1 heterocycles. The number of carbonyl (C=O) groups is 2. The van der Waals surface area contributed by atoms with Crippen molar-refractivity contribution in [1.29, 1.82) is 0 Å². The normalized spacial score (nSPS) is 16.2. The van der Waals surface area contributed by atoms with Crippen LogP contribution in [0.2, 0.25) is 0 Å². The molecule has 1 N–H and O–H groups in total. The lowest BCUT2D eigenvalue weighted by atomic mass is 10.0. The minimum Gasteiger partial charge on any atom is -0.301 e. The molecule has 1 radical (unpaired) electrons. The fourth-order valence-corrected chi connectivity index (χ4v) is 2.58. The average Bonchev–Trinajstić information content (AvgIpc) is 2.60. The topological polar surface area (TPSA) is 61.8 Å². The number of halogens is 3. The van der Waals surface area contributed by atoms with Gasteiger partial charge < -0.3 is 4.79 Å². The average molecular weight is 360 g/mol. The number of carbonyl (C=O) groups excluding carboxylic acids is 2. The number of fused-ring (bicyclic) bond motifs is 1. The van der Waals surface area contributed by atoms with Crippen molar-refractivity contribution in [1.82, 2.24) is 10.4 Å². The third kappa shape index (κ3) is 3.30. The molecule has 1 amide bonds. The Morgan fingerprint density at radius 2 is 1.96 bits per heavy atom. The summed E-state index contributed by atoms with van der Waals surface area (Å²) in [5, 5.41) is 1.15. The van der Waals surface area contributed by atoms with E-state index in [4.69, 9.17) is 0 Å². The van der Waals surface area contributed by atoms with Crippen LogP contribution in [0.15, 0.2) is 47.5 Å². The van der Waals surface area contributed by atoms with E-state index in [0.717, 1.165) is 23.2 Å². The van der Waals surface area contributed by atoms with Gasteiger partial charge in [0.05, 0.1) is 11.3 Å². The molecule has 0 spiro atoms. The second-order valence-corrected chi connectivity index (χ2v) is 5.60. The monoisotopic (exact) mass is 360 g/mol. The first-order valence-corrected chi connectivity index (χ1v) is 7.52. The molecule has 1 atom stereocenters. The lowest BCUT2D eigenvalue weighted by Crippen LogP contribution is -2.45. The Hall–Kier alpha value is -3.16. The van der Waals surface area contributed by atoms with Gasteiger partial charge in [-0.15, -0.1) is 0 Å². The maximum atomic E-state index is 12.9. The minimum absolute atomic E-state index is 0.132. The van der Waals surface area contributed by atoms with Crippen LogP contribution in [0.3, 0.4) is 0 Å². The van der Waals surface area contributed by atoms with Crippen LogP contribution in [0.25, 0.3) is 0 Å². The van der Waals surface area contributed by atoms with E-state index < -0.39 is 23.7 Å². The van der Waals surface area contributed by atoms with Crippen LogP contribution in [0.4, 0.5) is 18.9 Å². The van der Waals surface area contributed by atoms with Crippen molar-refractivity contribution in [2.24, 2.45) is 4.99 Å². The molecule has 2 aromatic carbocycles. The van der Waals surface area contributed by atoms with E-state index in [1.807, 2.05) is 0 Å². The lowest BCUT2D eigenvalue weighted by molar-refractivity contribution is -0.137. The summed E-state index contributed by atoms with van der Waals surface area (Å²) in [5.74, 6) is -0.821. The predicted molar refractivity (Wildman–Crippen MR) is 88.6 cm³/mol. The van der Waals surface area contributed by atoms with Gasteiger partial charge in [-0.2, -0.15) is 13.2 Å². The van der Waals surface area contributed by atoms with Crippen molar-refractivity contribution in [3.8, 4) is 0 Å². The molecule has 26 heavy (non-hydrogen) atoms. The van der Waals surface area contributed by atoms with Gasteiger partial charge in [-0.3, -0.25) is 15.2 Å². The first-order chi connectivity index (χ1) is 12.3. The zero-order valence-electron chi connectivity index (χ0n) is 13.3. The molecule has 1 unspecified atom stereocenters. The third-order valence-corrected chi connectivity index (χ3v) is 3.92. The molecular weight excluding hydrogens is 347 g/mol. The summed E-state index contributed by atoms with van der Waals surface area (Å²) in [5.41, 5.74) is 2.49. The third-order valence-electron chi connectivity index (χ3n) is 3.92. The Balaban J connectivity index is 1.88. The standard InChI is InChI=1S/C18H13F3N3O2/c1-11-6-7-12(18(19,20)21)8-14(11)17(26)23-24-10-22-15-5-3-2-4-13(15)16(24)9-25/h2-10,16H,1H2,(H,23,26). The quantitative estimate of drug-likeness (QED) is 0.853. The van der Waals surface area contributed by atoms with E-state index in [1.165, 1.54) is 6.34 Å². The molecular formula is C18H13F3N3O2. The molecule has 3 rings (SSSR count). The maximum absolute atomic E-state index is 12.9. The number of nitrogens with one attached hydrogen (secondary N) is 1. The van der Waals surface area contributed by atoms with Crippen molar-refractivity contribution < 1.29 is 22.8 Å². The van der Waals surface area contributed by atoms with Crippen LogP contribution in [0, 0.1) is 6.92 Å². The molecule has 0 bridgehead atoms. The Bertz CT molecular complexity index is 893. The van der Waals surface area contributed by atoms with Crippen molar-refractivity contribution in [2.45, 2.75) is 12.2 Å². The predicted octanol–water partition coefficient (Wildman–Crippen LogP) is 3.45. The molecule has 0 aromatic heterocycles. The van der Waals surface area contributed by atoms with Gasteiger partial charge in [0.15, 0.2) is 0 Å². The zero-order valence-corrected chi connectivity index (χ0v) is 13.3. The highest BCUT2D eigenvalue weighted by Crippen LogP contribution is 2.32. The number of benzene rings is 2. The van der Waals surface area contributed by atoms with Gasteiger partial charge in [0, 0.05) is 11.1 Å². The summed E-state index contributed by atoms with van der Waals surface area (Å²) in [4.78, 5) is 28.1. The number of para-hydroxylation sites is 1. The first kappa shape index (κ1) is 17.7. The van der Waals surface area contributed by atoms with E-state index in [2.05, 4.69) is 17.3 Å². The molecule has 2 aromatic rings. The Morgan fingerprint density at radius 1 is 1.23 bits per heavy atom. The van der Waals surface area contributed by atoms with Crippen molar-refractivity contribution in [2.75, 3.05) is 0 Å². The molecule has 0 aliphatic carbocycles. The minimum atomic E-state index is -4.58. The molecule has 1 aliphatic rings. The molecule has 0 saturated heterocycles. The Kier molecular flexibility index (Phi) is 4.50. The number of aliphatic imine (C=N–C) groups is 1. The molecule has 133 valence electrons. The van der Waals surface area contributed by atoms with Crippen LogP contribution >= 0.6 is 0 Å². The smallest absolute Gasteiger partial charge is 0.301 e. The first-order valence-electron chi connectivity index (χ1n) is 7.52. The second-order valence-electron chi connectivity index (χ2n) is 5.60. The number of nitrogens with zero attached hydrogens (tertiary/aromatic N) is 2. The van der Waals surface area contributed by atoms with Gasteiger partial charge in [0.1, 0.15) is 18.7 Å². The number of hydrogen-bond donors (Lipinski definition) is 1. The van der Waals surface area contributed by atoms with Crippen LogP contribution in [-0.4, -0.2) is 23.5 Å². The van der Waals surface area contributed by atoms with Gasteiger partial charge in [-0.1, -0.05) is 24.3 Å². The summed E-state index contributed by atoms with van der Waals surface area (Å²) in [6.45, 7) is 3.58. The lowest BCUT2D eigenvalue weighted by Gasteiger charge is -2.30. The molecule has 8 heteroatoms. The van der Waals surface area contributed by atoms with E-state index in [1.54, 1.807) is 24.3 Å². The SMILES string of the molecule is [CH2]c1ccc(C(F)(F)F)cc1C(=O)NN1C=Nc2ccccc2C1C=O. The van der Waals surface area contributed by atoms with Crippen molar-refractivity contribution >= 4 is 24.2 Å². The Morgan fingerprint density at radius 3 is 2.65 bits per heavy atom. The largest absolute Gasteiger partial charge is 0.416 e. The number of alkyl halides is 3. The van der Waals surface area contributed by atoms with Crippen LogP contribution in [0.1, 0.15) is 33.1 Å². The van der Waals surface area contributed by atoms with E-state index in [-0.39, 0.29) is 11.1 Å². The Labute approximate surface area is 147 Å². The molecule has 5 nitrogen and oxygen atoms in total. The number of hydrogen-bond acceptors (Lipinski definition) is 4. The fraction of sp³-hybridized carbons (Fsp3) is 0.111. The van der Waals surface area contributed by atoms with Crippen molar-refractivity contribution in [3.63, 3.8) is 0 Å². The number of aldehydes is 1. The van der Waals surface area contributed by atoms with Gasteiger partial charge in [0.2, 0.25) is 0 Å². The van der Waals surface area contributed by atoms with Gasteiger partial charge >= 0.3 is 6.18 Å². The van der Waals surface area contributed by atoms with E-state index in [0.29, 0.717) is 17.5 Å². The van der Waals surface area contributed by atoms with Crippen LogP contribution < -0.4 is 5.43 Å². The number of amides is 1. The highest BCUT2D eigenvalue weighted by atomic mass is 19.4.